The van der Waals surface area contributed by atoms with Crippen LogP contribution >= 0.6 is 0 Å². The number of para-hydroxylation sites is 1. The van der Waals surface area contributed by atoms with E-state index >= 15 is 0 Å². The van der Waals surface area contributed by atoms with E-state index in [2.05, 4.69) is 5.32 Å². The van der Waals surface area contributed by atoms with Gasteiger partial charge in [0.15, 0.2) is 0 Å². The van der Waals surface area contributed by atoms with Crippen LogP contribution in [0, 0.1) is 0 Å². The lowest BCUT2D eigenvalue weighted by Gasteiger charge is -2.22. The first-order chi connectivity index (χ1) is 16.1. The summed E-state index contributed by atoms with van der Waals surface area (Å²) in [6.07, 6.45) is -5.08. The van der Waals surface area contributed by atoms with Crippen LogP contribution in [0.5, 0.6) is 0 Å². The fourth-order valence-electron chi connectivity index (χ4n) is 2.75. The third-order valence-electron chi connectivity index (χ3n) is 4.32. The molecule has 0 unspecified atom stereocenters. The lowest BCUT2D eigenvalue weighted by atomic mass is 10.1. The molecule has 0 aliphatic heterocycles. The molecule has 0 radical (unpaired) electrons. The first kappa shape index (κ1) is 26.1. The predicted octanol–water partition coefficient (Wildman–Crippen LogP) is 4.06. The maximum Gasteiger partial charge on any atom is 0.490 e. The molecule has 3 aromatic carbocycles. The lowest BCUT2D eigenvalue weighted by molar-refractivity contribution is -0.192. The average Bonchev–Trinajstić information content (AvgIpc) is 2.83. The van der Waals surface area contributed by atoms with E-state index in [0.29, 0.717) is 23.5 Å². The van der Waals surface area contributed by atoms with E-state index in [-0.39, 0.29) is 18.4 Å². The molecule has 0 saturated carbocycles. The fourth-order valence-corrected chi connectivity index (χ4v) is 2.75. The van der Waals surface area contributed by atoms with Crippen molar-refractivity contribution in [3.05, 3.63) is 96.1 Å². The minimum Gasteiger partial charge on any atom is -0.475 e. The molecular formula is C24H22F3N3O4. The van der Waals surface area contributed by atoms with Crippen LogP contribution in [0.3, 0.4) is 0 Å². The number of carboxylic acids is 1. The Morgan fingerprint density at radius 3 is 1.97 bits per heavy atom. The number of anilines is 2. The second kappa shape index (κ2) is 12.2. The van der Waals surface area contributed by atoms with Crippen LogP contribution in [0.1, 0.15) is 15.9 Å². The van der Waals surface area contributed by atoms with Crippen molar-refractivity contribution in [3.8, 4) is 0 Å². The molecule has 0 aliphatic rings. The number of nitrogens with two attached hydrogens (primary N) is 1. The molecule has 0 fully saturated rings. The number of halogens is 3. The van der Waals surface area contributed by atoms with Gasteiger partial charge in [0.25, 0.3) is 5.91 Å². The van der Waals surface area contributed by atoms with E-state index in [9.17, 15) is 22.8 Å². The van der Waals surface area contributed by atoms with Crippen molar-refractivity contribution >= 4 is 29.2 Å². The number of carbonyl (C=O) groups is 3. The minimum absolute atomic E-state index is 0.0927. The van der Waals surface area contributed by atoms with Gasteiger partial charge in [0, 0.05) is 23.5 Å². The van der Waals surface area contributed by atoms with Crippen LogP contribution in [-0.4, -0.2) is 35.6 Å². The smallest absolute Gasteiger partial charge is 0.475 e. The summed E-state index contributed by atoms with van der Waals surface area (Å²) >= 11 is 0. The highest BCUT2D eigenvalue weighted by Crippen LogP contribution is 2.18. The van der Waals surface area contributed by atoms with Gasteiger partial charge in [-0.1, -0.05) is 48.5 Å². The van der Waals surface area contributed by atoms with E-state index in [4.69, 9.17) is 15.6 Å². The van der Waals surface area contributed by atoms with Crippen molar-refractivity contribution < 1.29 is 32.7 Å². The van der Waals surface area contributed by atoms with Crippen LogP contribution < -0.4 is 16.0 Å². The molecule has 0 spiro atoms. The maximum atomic E-state index is 13.0. The second-order valence-corrected chi connectivity index (χ2v) is 6.85. The van der Waals surface area contributed by atoms with Gasteiger partial charge in [0.2, 0.25) is 5.91 Å². The largest absolute Gasteiger partial charge is 0.490 e. The molecule has 4 N–H and O–H groups in total. The van der Waals surface area contributed by atoms with Crippen LogP contribution in [-0.2, 0) is 16.1 Å². The van der Waals surface area contributed by atoms with E-state index in [1.807, 2.05) is 54.6 Å². The van der Waals surface area contributed by atoms with Gasteiger partial charge in [0.05, 0.1) is 0 Å². The molecule has 0 aliphatic carbocycles. The first-order valence-corrected chi connectivity index (χ1v) is 9.92. The summed E-state index contributed by atoms with van der Waals surface area (Å²) in [5.41, 5.74) is 8.42. The van der Waals surface area contributed by atoms with Crippen LogP contribution in [0.4, 0.5) is 24.5 Å². The number of hydrogen-bond donors (Lipinski definition) is 3. The number of amides is 2. The number of aliphatic carboxylic acids is 1. The minimum atomic E-state index is -5.08. The summed E-state index contributed by atoms with van der Waals surface area (Å²) in [7, 11) is 0. The number of carbonyl (C=O) groups excluding carboxylic acids is 2. The number of nitrogens with zero attached hydrogens (tertiary/aromatic N) is 1. The number of nitrogens with one attached hydrogen (secondary N) is 1. The first-order valence-electron chi connectivity index (χ1n) is 9.92. The van der Waals surface area contributed by atoms with Crippen molar-refractivity contribution in [2.24, 2.45) is 5.73 Å². The molecule has 0 heterocycles. The van der Waals surface area contributed by atoms with E-state index in [1.165, 1.54) is 4.90 Å². The quantitative estimate of drug-likeness (QED) is 0.500. The highest BCUT2D eigenvalue weighted by molar-refractivity contribution is 6.10. The van der Waals surface area contributed by atoms with E-state index in [1.54, 1.807) is 30.3 Å². The molecule has 3 rings (SSSR count). The Morgan fingerprint density at radius 2 is 1.44 bits per heavy atom. The molecule has 0 bridgehead atoms. The summed E-state index contributed by atoms with van der Waals surface area (Å²) in [6.45, 7) is 0.303. The number of rotatable bonds is 6. The maximum absolute atomic E-state index is 13.0. The SMILES string of the molecule is NCc1cccc(NC(=O)CN(C(=O)c2ccccc2)c2ccccc2)c1.O=C(O)C(F)(F)F. The summed E-state index contributed by atoms with van der Waals surface area (Å²) in [5.74, 6) is -3.27. The van der Waals surface area contributed by atoms with E-state index in [0.717, 1.165) is 5.56 Å². The third-order valence-corrected chi connectivity index (χ3v) is 4.32. The zero-order valence-electron chi connectivity index (χ0n) is 17.8. The standard InChI is InChI=1S/C22H21N3O2.C2HF3O2/c23-15-17-8-7-11-19(14-17)24-21(26)16-25(20-12-5-2-6-13-20)22(27)18-9-3-1-4-10-18;3-2(4,5)1(6)7/h1-14H,15-16,23H2,(H,24,26);(H,6,7). The Labute approximate surface area is 193 Å². The summed E-state index contributed by atoms with van der Waals surface area (Å²) in [6, 6.07) is 25.4. The summed E-state index contributed by atoms with van der Waals surface area (Å²) < 4.78 is 31.7. The molecular weight excluding hydrogens is 451 g/mol. The van der Waals surface area contributed by atoms with Crippen molar-refractivity contribution in [1.29, 1.82) is 0 Å². The molecule has 0 aromatic heterocycles. The van der Waals surface area contributed by atoms with Gasteiger partial charge in [-0.15, -0.1) is 0 Å². The Kier molecular flexibility index (Phi) is 9.33. The number of hydrogen-bond acceptors (Lipinski definition) is 4. The van der Waals surface area contributed by atoms with Crippen molar-refractivity contribution in [2.45, 2.75) is 12.7 Å². The fraction of sp³-hybridized carbons (Fsp3) is 0.125. The Morgan fingerprint density at radius 1 is 0.882 bits per heavy atom. The highest BCUT2D eigenvalue weighted by atomic mass is 19.4. The van der Waals surface area contributed by atoms with Crippen molar-refractivity contribution in [1.82, 2.24) is 0 Å². The van der Waals surface area contributed by atoms with Crippen LogP contribution in [0.2, 0.25) is 0 Å². The lowest BCUT2D eigenvalue weighted by Crippen LogP contribution is -2.38. The van der Waals surface area contributed by atoms with Gasteiger partial charge in [0.1, 0.15) is 6.54 Å². The zero-order valence-corrected chi connectivity index (χ0v) is 17.8. The van der Waals surface area contributed by atoms with Gasteiger partial charge in [-0.2, -0.15) is 13.2 Å². The average molecular weight is 473 g/mol. The molecule has 3 aromatic rings. The topological polar surface area (TPSA) is 113 Å². The monoisotopic (exact) mass is 473 g/mol. The van der Waals surface area contributed by atoms with Gasteiger partial charge < -0.3 is 16.2 Å². The van der Waals surface area contributed by atoms with Crippen molar-refractivity contribution in [2.75, 3.05) is 16.8 Å². The highest BCUT2D eigenvalue weighted by Gasteiger charge is 2.38. The van der Waals surface area contributed by atoms with Gasteiger partial charge in [-0.05, 0) is 42.0 Å². The zero-order chi connectivity index (χ0) is 25.1. The molecule has 2 amide bonds. The normalized spacial score (nSPS) is 10.5. The van der Waals surface area contributed by atoms with Crippen molar-refractivity contribution in [3.63, 3.8) is 0 Å². The Bertz CT molecular complexity index is 1110. The Balaban J connectivity index is 0.000000509. The summed E-state index contributed by atoms with van der Waals surface area (Å²) in [5, 5.41) is 9.96. The molecule has 10 heteroatoms. The van der Waals surface area contributed by atoms with Gasteiger partial charge >= 0.3 is 12.1 Å². The number of alkyl halides is 3. The van der Waals surface area contributed by atoms with Gasteiger partial charge in [-0.25, -0.2) is 4.79 Å². The molecule has 7 nitrogen and oxygen atoms in total. The van der Waals surface area contributed by atoms with Crippen LogP contribution in [0.15, 0.2) is 84.9 Å². The number of carboxylic acid groups (broad SMARTS) is 1. The van der Waals surface area contributed by atoms with Crippen LogP contribution in [0.25, 0.3) is 0 Å². The number of benzene rings is 3. The molecule has 178 valence electrons. The molecule has 0 saturated heterocycles. The van der Waals surface area contributed by atoms with Gasteiger partial charge in [-0.3, -0.25) is 14.5 Å². The predicted molar refractivity (Wildman–Crippen MR) is 121 cm³/mol. The molecule has 0 atom stereocenters. The van der Waals surface area contributed by atoms with E-state index < -0.39 is 12.1 Å². The molecule has 34 heavy (non-hydrogen) atoms. The third kappa shape index (κ3) is 8.06. The summed E-state index contributed by atoms with van der Waals surface area (Å²) in [4.78, 5) is 35.9. The Hall–Kier alpha value is -4.18. The second-order valence-electron chi connectivity index (χ2n) is 6.85.